The minimum absolute atomic E-state index is 0.0498. The fourth-order valence-electron chi connectivity index (χ4n) is 3.41. The van der Waals surface area contributed by atoms with Crippen LogP contribution in [0.1, 0.15) is 31.2 Å². The number of benzene rings is 1. The van der Waals surface area contributed by atoms with Crippen molar-refractivity contribution >= 4 is 40.7 Å². The van der Waals surface area contributed by atoms with Crippen LogP contribution in [0.4, 0.5) is 17.5 Å². The molecule has 0 unspecified atom stereocenters. The number of amides is 1. The van der Waals surface area contributed by atoms with Gasteiger partial charge in [-0.1, -0.05) is 36.4 Å². The lowest BCUT2D eigenvalue weighted by Crippen LogP contribution is -2.32. The summed E-state index contributed by atoms with van der Waals surface area (Å²) in [5, 5.41) is 6.88. The zero-order chi connectivity index (χ0) is 20.8. The van der Waals surface area contributed by atoms with Crippen LogP contribution < -0.4 is 16.4 Å². The van der Waals surface area contributed by atoms with Crippen LogP contribution in [-0.4, -0.2) is 27.7 Å². The fraction of sp³-hybridized carbons (Fsp3) is 0.333. The van der Waals surface area contributed by atoms with Crippen molar-refractivity contribution in [3.8, 4) is 0 Å². The molecule has 0 radical (unpaired) electrons. The number of primary amides is 1. The lowest BCUT2D eigenvalue weighted by Gasteiger charge is -2.27. The van der Waals surface area contributed by atoms with Gasteiger partial charge >= 0.3 is 0 Å². The van der Waals surface area contributed by atoms with Gasteiger partial charge in [0, 0.05) is 24.1 Å². The molecule has 3 rings (SSSR count). The van der Waals surface area contributed by atoms with Gasteiger partial charge in [-0.3, -0.25) is 9.59 Å². The maximum atomic E-state index is 11.8. The Balaban J connectivity index is 1.71. The first-order chi connectivity index (χ1) is 14.0. The fourth-order valence-corrected chi connectivity index (χ4v) is 3.55. The molecular weight excluding hydrogens is 390 g/mol. The van der Waals surface area contributed by atoms with Crippen LogP contribution in [0, 0.1) is 5.92 Å². The van der Waals surface area contributed by atoms with E-state index in [1.165, 1.54) is 12.3 Å². The van der Waals surface area contributed by atoms with Crippen molar-refractivity contribution in [3.63, 3.8) is 0 Å². The van der Waals surface area contributed by atoms with E-state index in [1.54, 1.807) is 0 Å². The average molecular weight is 414 g/mol. The number of ketones is 1. The van der Waals surface area contributed by atoms with E-state index < -0.39 is 0 Å². The third-order valence-corrected chi connectivity index (χ3v) is 5.35. The Labute approximate surface area is 174 Å². The number of aromatic nitrogens is 2. The zero-order valence-electron chi connectivity index (χ0n) is 16.0. The van der Waals surface area contributed by atoms with Gasteiger partial charge in [0.25, 0.3) is 0 Å². The Morgan fingerprint density at radius 2 is 1.97 bits per heavy atom. The molecule has 0 spiro atoms. The molecular formula is C21H24ClN5O2. The molecule has 152 valence electrons. The largest absolute Gasteiger partial charge is 0.369 e. The smallest absolute Gasteiger partial charge is 0.224 e. The monoisotopic (exact) mass is 413 g/mol. The average Bonchev–Trinajstić information content (AvgIpc) is 2.72. The van der Waals surface area contributed by atoms with Gasteiger partial charge in [-0.05, 0) is 43.4 Å². The molecule has 1 saturated carbocycles. The Hall–Kier alpha value is -2.93. The Kier molecular flexibility index (Phi) is 6.82. The van der Waals surface area contributed by atoms with Gasteiger partial charge in [0.2, 0.25) is 11.9 Å². The van der Waals surface area contributed by atoms with Crippen molar-refractivity contribution in [3.05, 3.63) is 53.7 Å². The first-order valence-electron chi connectivity index (χ1n) is 9.55. The highest BCUT2D eigenvalue weighted by molar-refractivity contribution is 6.32. The number of halogens is 1. The number of para-hydroxylation sites is 1. The zero-order valence-corrected chi connectivity index (χ0v) is 16.8. The van der Waals surface area contributed by atoms with Crippen LogP contribution in [0.3, 0.4) is 0 Å². The van der Waals surface area contributed by atoms with E-state index in [4.69, 9.17) is 17.3 Å². The van der Waals surface area contributed by atoms with Crippen molar-refractivity contribution in [1.29, 1.82) is 0 Å². The number of nitrogens with one attached hydrogen (secondary N) is 2. The second-order valence-electron chi connectivity index (χ2n) is 7.11. The third-order valence-electron chi connectivity index (χ3n) is 5.07. The van der Waals surface area contributed by atoms with Crippen molar-refractivity contribution in [2.75, 3.05) is 10.6 Å². The Bertz CT molecular complexity index is 910. The van der Waals surface area contributed by atoms with E-state index in [-0.39, 0.29) is 30.1 Å². The lowest BCUT2D eigenvalue weighted by molar-refractivity contribution is -0.122. The predicted molar refractivity (Wildman–Crippen MR) is 114 cm³/mol. The number of rotatable bonds is 8. The van der Waals surface area contributed by atoms with Gasteiger partial charge in [-0.2, -0.15) is 4.98 Å². The van der Waals surface area contributed by atoms with Crippen molar-refractivity contribution < 1.29 is 9.59 Å². The van der Waals surface area contributed by atoms with E-state index in [1.807, 2.05) is 24.3 Å². The normalized spacial score (nSPS) is 18.7. The Morgan fingerprint density at radius 3 is 2.66 bits per heavy atom. The summed E-state index contributed by atoms with van der Waals surface area (Å²) in [6, 6.07) is 7.65. The molecule has 1 aliphatic carbocycles. The summed E-state index contributed by atoms with van der Waals surface area (Å²) in [5.41, 5.74) is 6.96. The molecule has 0 atom stereocenters. The SMILES string of the molecule is C=CC(=O)Cc1ccccc1Nc1nc(NC2CCC(C(N)=O)CC2)ncc1Cl. The van der Waals surface area contributed by atoms with Gasteiger partial charge in [0.15, 0.2) is 11.6 Å². The number of allylic oxidation sites excluding steroid dienone is 1. The molecule has 0 saturated heterocycles. The standard InChI is InChI=1S/C21H24ClN5O2/c1-2-16(28)11-14-5-3-4-6-18(14)26-20-17(22)12-24-21(27-20)25-15-9-7-13(8-10-15)19(23)29/h2-6,12-13,15H,1,7-11H2,(H2,23,29)(H2,24,25,26,27). The van der Waals surface area contributed by atoms with E-state index in [9.17, 15) is 9.59 Å². The third kappa shape index (κ3) is 5.54. The maximum absolute atomic E-state index is 11.8. The van der Waals surface area contributed by atoms with Crippen LogP contribution in [0.2, 0.25) is 5.02 Å². The highest BCUT2D eigenvalue weighted by Crippen LogP contribution is 2.29. The lowest BCUT2D eigenvalue weighted by atomic mass is 9.86. The summed E-state index contributed by atoms with van der Waals surface area (Å²) in [6.07, 6.45) is 6.26. The quantitative estimate of drug-likeness (QED) is 0.570. The molecule has 2 aromatic rings. The molecule has 1 aromatic heterocycles. The van der Waals surface area contributed by atoms with E-state index in [2.05, 4.69) is 27.2 Å². The molecule has 4 N–H and O–H groups in total. The Morgan fingerprint density at radius 1 is 1.24 bits per heavy atom. The minimum Gasteiger partial charge on any atom is -0.369 e. The molecule has 1 heterocycles. The predicted octanol–water partition coefficient (Wildman–Crippen LogP) is 3.63. The number of nitrogens with zero attached hydrogens (tertiary/aromatic N) is 2. The molecule has 29 heavy (non-hydrogen) atoms. The highest BCUT2D eigenvalue weighted by atomic mass is 35.5. The first-order valence-corrected chi connectivity index (χ1v) is 9.92. The molecule has 8 heteroatoms. The summed E-state index contributed by atoms with van der Waals surface area (Å²) in [6.45, 7) is 3.52. The van der Waals surface area contributed by atoms with Gasteiger partial charge in [-0.15, -0.1) is 0 Å². The molecule has 7 nitrogen and oxygen atoms in total. The van der Waals surface area contributed by atoms with Crippen LogP contribution in [-0.2, 0) is 16.0 Å². The highest BCUT2D eigenvalue weighted by Gasteiger charge is 2.25. The number of hydrogen-bond acceptors (Lipinski definition) is 6. The summed E-state index contributed by atoms with van der Waals surface area (Å²) in [4.78, 5) is 31.8. The van der Waals surface area contributed by atoms with Crippen LogP contribution >= 0.6 is 11.6 Å². The number of anilines is 3. The number of hydrogen-bond donors (Lipinski definition) is 3. The van der Waals surface area contributed by atoms with Gasteiger partial charge in [0.05, 0.1) is 6.20 Å². The second-order valence-corrected chi connectivity index (χ2v) is 7.52. The van der Waals surface area contributed by atoms with Gasteiger partial charge < -0.3 is 16.4 Å². The maximum Gasteiger partial charge on any atom is 0.224 e. The van der Waals surface area contributed by atoms with Gasteiger partial charge in [0.1, 0.15) is 5.02 Å². The summed E-state index contributed by atoms with van der Waals surface area (Å²) < 4.78 is 0. The van der Waals surface area contributed by atoms with Crippen molar-refractivity contribution in [2.24, 2.45) is 11.7 Å². The molecule has 1 aromatic carbocycles. The van der Waals surface area contributed by atoms with Gasteiger partial charge in [-0.25, -0.2) is 4.98 Å². The number of carbonyl (C=O) groups is 2. The van der Waals surface area contributed by atoms with Crippen molar-refractivity contribution in [2.45, 2.75) is 38.1 Å². The summed E-state index contributed by atoms with van der Waals surface area (Å²) in [5.74, 6) is 0.562. The van der Waals surface area contributed by atoms with E-state index in [0.29, 0.717) is 16.8 Å². The van der Waals surface area contributed by atoms with Crippen LogP contribution in [0.25, 0.3) is 0 Å². The minimum atomic E-state index is -0.230. The topological polar surface area (TPSA) is 110 Å². The summed E-state index contributed by atoms with van der Waals surface area (Å²) >= 11 is 6.28. The second kappa shape index (κ2) is 9.52. The molecule has 1 aliphatic rings. The molecule has 0 bridgehead atoms. The van der Waals surface area contributed by atoms with E-state index >= 15 is 0 Å². The van der Waals surface area contributed by atoms with Crippen LogP contribution in [0.5, 0.6) is 0 Å². The van der Waals surface area contributed by atoms with Crippen molar-refractivity contribution in [1.82, 2.24) is 9.97 Å². The molecule has 0 aliphatic heterocycles. The summed E-state index contributed by atoms with van der Waals surface area (Å²) in [7, 11) is 0. The molecule has 1 fully saturated rings. The van der Waals surface area contributed by atoms with E-state index in [0.717, 1.165) is 36.9 Å². The molecule has 1 amide bonds. The number of carbonyl (C=O) groups excluding carboxylic acids is 2. The first kappa shape index (κ1) is 20.8. The van der Waals surface area contributed by atoms with Crippen LogP contribution in [0.15, 0.2) is 43.1 Å². The number of nitrogens with two attached hydrogens (primary N) is 1.